The molecule has 0 saturated heterocycles. The van der Waals surface area contributed by atoms with Crippen LogP contribution in [0.2, 0.25) is 0 Å². The second-order valence-electron chi connectivity index (χ2n) is 9.77. The Bertz CT molecular complexity index is 1560. The van der Waals surface area contributed by atoms with Gasteiger partial charge in [-0.3, -0.25) is 9.78 Å². The molecule has 0 saturated carbocycles. The molecule has 1 aromatic heterocycles. The lowest BCUT2D eigenvalue weighted by Gasteiger charge is -2.19. The molecule has 3 N–H and O–H groups in total. The number of hydrogen-bond donors (Lipinski definition) is 3. The van der Waals surface area contributed by atoms with E-state index in [9.17, 15) is 13.2 Å². The normalized spacial score (nSPS) is 13.6. The summed E-state index contributed by atoms with van der Waals surface area (Å²) in [6.07, 6.45) is 1.89. The van der Waals surface area contributed by atoms with Gasteiger partial charge in [-0.05, 0) is 68.5 Å². The monoisotopic (exact) mass is 514 g/mol. The molecule has 8 heteroatoms. The summed E-state index contributed by atoms with van der Waals surface area (Å²) in [5, 5.41) is 4.42. The molecule has 0 unspecified atom stereocenters. The van der Waals surface area contributed by atoms with Crippen LogP contribution in [0.25, 0.3) is 22.0 Å². The molecule has 5 rings (SSSR count). The lowest BCUT2D eigenvalue weighted by molar-refractivity contribution is 0.0980. The summed E-state index contributed by atoms with van der Waals surface area (Å²) in [6, 6.07) is 23.9. The largest absolute Gasteiger partial charge is 0.382 e. The maximum Gasteiger partial charge on any atom is 0.301 e. The fraction of sp³-hybridized carbons (Fsp3) is 0.241. The number of anilines is 1. The van der Waals surface area contributed by atoms with Crippen molar-refractivity contribution in [3.8, 4) is 11.1 Å². The highest BCUT2D eigenvalue weighted by atomic mass is 32.2. The zero-order valence-corrected chi connectivity index (χ0v) is 21.9. The highest BCUT2D eigenvalue weighted by Crippen LogP contribution is 2.35. The summed E-state index contributed by atoms with van der Waals surface area (Å²) >= 11 is 0. The summed E-state index contributed by atoms with van der Waals surface area (Å²) in [4.78, 5) is 18.1. The Kier molecular flexibility index (Phi) is 6.70. The van der Waals surface area contributed by atoms with E-state index in [0.29, 0.717) is 11.3 Å². The van der Waals surface area contributed by atoms with E-state index in [2.05, 4.69) is 44.0 Å². The molecule has 190 valence electrons. The minimum atomic E-state index is -4.04. The Morgan fingerprint density at radius 3 is 2.24 bits per heavy atom. The molecule has 4 aromatic rings. The molecule has 37 heavy (non-hydrogen) atoms. The Morgan fingerprint density at radius 2 is 1.59 bits per heavy atom. The average Bonchev–Trinajstić information content (AvgIpc) is 3.25. The summed E-state index contributed by atoms with van der Waals surface area (Å²) in [6.45, 7) is 5.11. The molecule has 0 aliphatic heterocycles. The Balaban J connectivity index is 1.58. The third-order valence-electron chi connectivity index (χ3n) is 6.50. The first kappa shape index (κ1) is 24.9. The zero-order chi connectivity index (χ0) is 26.2. The third kappa shape index (κ3) is 5.35. The van der Waals surface area contributed by atoms with Crippen molar-refractivity contribution in [2.75, 3.05) is 5.32 Å². The van der Waals surface area contributed by atoms with Crippen LogP contribution < -0.4 is 14.8 Å². The fourth-order valence-electron chi connectivity index (χ4n) is 5.07. The van der Waals surface area contributed by atoms with E-state index >= 15 is 0 Å². The van der Waals surface area contributed by atoms with Crippen LogP contribution in [0, 0.1) is 6.92 Å². The van der Waals surface area contributed by atoms with Crippen LogP contribution in [-0.4, -0.2) is 31.4 Å². The second kappa shape index (κ2) is 9.95. The summed E-state index contributed by atoms with van der Waals surface area (Å²) < 4.78 is 29.6. The number of rotatable bonds is 7. The van der Waals surface area contributed by atoms with E-state index in [-0.39, 0.29) is 17.6 Å². The standard InChI is InChI=1S/C29H30N4O3S/c1-18(2)32-37(35,36)33-29(34)27-19(3)30-26-14-13-23(17-25(26)28(27)20-9-5-4-6-10-20)31-24-15-21-11-7-8-12-22(21)16-24/h4-14,17-18,24,31-32H,15-16H2,1-3H3,(H,33,34). The van der Waals surface area contributed by atoms with Crippen LogP contribution in [0.5, 0.6) is 0 Å². The van der Waals surface area contributed by atoms with Gasteiger partial charge in [-0.15, -0.1) is 0 Å². The van der Waals surface area contributed by atoms with Crippen molar-refractivity contribution in [2.24, 2.45) is 0 Å². The molecule has 0 atom stereocenters. The molecule has 0 spiro atoms. The molecule has 1 aliphatic rings. The number of aryl methyl sites for hydroxylation is 1. The van der Waals surface area contributed by atoms with Gasteiger partial charge in [0, 0.05) is 28.7 Å². The first-order chi connectivity index (χ1) is 17.7. The number of aromatic nitrogens is 1. The average molecular weight is 515 g/mol. The van der Waals surface area contributed by atoms with E-state index in [1.165, 1.54) is 11.1 Å². The summed E-state index contributed by atoms with van der Waals surface area (Å²) in [5.74, 6) is -0.719. The predicted molar refractivity (Wildman–Crippen MR) is 148 cm³/mol. The van der Waals surface area contributed by atoms with E-state index in [4.69, 9.17) is 0 Å². The van der Waals surface area contributed by atoms with Crippen molar-refractivity contribution in [3.05, 3.63) is 95.2 Å². The number of fused-ring (bicyclic) bond motifs is 2. The SMILES string of the molecule is Cc1nc2ccc(NC3Cc4ccccc4C3)cc2c(-c2ccccc2)c1C(=O)NS(=O)(=O)NC(C)C. The number of carbonyl (C=O) groups excluding carboxylic acids is 1. The second-order valence-corrected chi connectivity index (χ2v) is 11.2. The van der Waals surface area contributed by atoms with E-state index in [0.717, 1.165) is 35.0 Å². The van der Waals surface area contributed by atoms with Gasteiger partial charge in [0.05, 0.1) is 16.8 Å². The molecular formula is C29H30N4O3S. The first-order valence-electron chi connectivity index (χ1n) is 12.4. The highest BCUT2D eigenvalue weighted by molar-refractivity contribution is 7.88. The molecule has 1 heterocycles. The van der Waals surface area contributed by atoms with Gasteiger partial charge in [-0.1, -0.05) is 54.6 Å². The maximum absolute atomic E-state index is 13.4. The van der Waals surface area contributed by atoms with Gasteiger partial charge in [0.25, 0.3) is 5.91 Å². The molecule has 1 aliphatic carbocycles. The van der Waals surface area contributed by atoms with Gasteiger partial charge < -0.3 is 5.32 Å². The number of amides is 1. The number of carbonyl (C=O) groups is 1. The lowest BCUT2D eigenvalue weighted by Crippen LogP contribution is -2.43. The van der Waals surface area contributed by atoms with E-state index < -0.39 is 16.1 Å². The van der Waals surface area contributed by atoms with Gasteiger partial charge in [-0.25, -0.2) is 4.72 Å². The number of hydrogen-bond acceptors (Lipinski definition) is 5. The Hall–Kier alpha value is -3.75. The minimum Gasteiger partial charge on any atom is -0.382 e. The molecule has 0 radical (unpaired) electrons. The van der Waals surface area contributed by atoms with Gasteiger partial charge >= 0.3 is 10.2 Å². The molecular weight excluding hydrogens is 484 g/mol. The van der Waals surface area contributed by atoms with Crippen LogP contribution in [0.3, 0.4) is 0 Å². The van der Waals surface area contributed by atoms with Crippen LogP contribution in [0.4, 0.5) is 5.69 Å². The van der Waals surface area contributed by atoms with Gasteiger partial charge in [-0.2, -0.15) is 13.1 Å². The van der Waals surface area contributed by atoms with Crippen molar-refractivity contribution < 1.29 is 13.2 Å². The smallest absolute Gasteiger partial charge is 0.301 e. The van der Waals surface area contributed by atoms with Gasteiger partial charge in [0.15, 0.2) is 0 Å². The molecule has 3 aromatic carbocycles. The number of nitrogens with one attached hydrogen (secondary N) is 3. The molecule has 1 amide bonds. The quantitative estimate of drug-likeness (QED) is 0.330. The van der Waals surface area contributed by atoms with Crippen LogP contribution >= 0.6 is 0 Å². The summed E-state index contributed by atoms with van der Waals surface area (Å²) in [5.41, 5.74) is 6.52. The van der Waals surface area contributed by atoms with Crippen molar-refractivity contribution in [1.82, 2.24) is 14.4 Å². The number of benzene rings is 3. The minimum absolute atomic E-state index is 0.234. The van der Waals surface area contributed by atoms with Crippen molar-refractivity contribution >= 4 is 32.7 Å². The van der Waals surface area contributed by atoms with Gasteiger partial charge in [0.2, 0.25) is 0 Å². The maximum atomic E-state index is 13.4. The van der Waals surface area contributed by atoms with Crippen LogP contribution in [0.1, 0.15) is 41.0 Å². The fourth-order valence-corrected chi connectivity index (χ4v) is 6.09. The van der Waals surface area contributed by atoms with Crippen molar-refractivity contribution in [1.29, 1.82) is 0 Å². The zero-order valence-electron chi connectivity index (χ0n) is 21.1. The number of pyridine rings is 1. The number of nitrogens with zero attached hydrogens (tertiary/aromatic N) is 1. The highest BCUT2D eigenvalue weighted by Gasteiger charge is 2.25. The topological polar surface area (TPSA) is 100 Å². The molecule has 0 fully saturated rings. The Morgan fingerprint density at radius 1 is 0.946 bits per heavy atom. The summed E-state index contributed by atoms with van der Waals surface area (Å²) in [7, 11) is -4.04. The van der Waals surface area contributed by atoms with Gasteiger partial charge in [0.1, 0.15) is 0 Å². The van der Waals surface area contributed by atoms with E-state index in [1.54, 1.807) is 20.8 Å². The first-order valence-corrected chi connectivity index (χ1v) is 13.9. The van der Waals surface area contributed by atoms with Crippen molar-refractivity contribution in [3.63, 3.8) is 0 Å². The molecule has 0 bridgehead atoms. The Labute approximate surface area is 217 Å². The van der Waals surface area contributed by atoms with Crippen LogP contribution in [0.15, 0.2) is 72.8 Å². The third-order valence-corrected chi connectivity index (χ3v) is 7.73. The molecule has 7 nitrogen and oxygen atoms in total. The lowest BCUT2D eigenvalue weighted by atomic mass is 9.93. The van der Waals surface area contributed by atoms with Crippen LogP contribution in [-0.2, 0) is 23.1 Å². The predicted octanol–water partition coefficient (Wildman–Crippen LogP) is 4.76. The van der Waals surface area contributed by atoms with Crippen molar-refractivity contribution in [2.45, 2.75) is 45.7 Å². The van der Waals surface area contributed by atoms with E-state index in [1.807, 2.05) is 48.5 Å².